The molecule has 0 atom stereocenters. The Labute approximate surface area is 205 Å². The summed E-state index contributed by atoms with van der Waals surface area (Å²) in [5.41, 5.74) is 5.36. The first-order valence-corrected chi connectivity index (χ1v) is 17.8. The van der Waals surface area contributed by atoms with Crippen molar-refractivity contribution in [3.05, 3.63) is 0 Å². The summed E-state index contributed by atoms with van der Waals surface area (Å²) in [5, 5.41) is 0. The zero-order valence-electron chi connectivity index (χ0n) is 22.5. The van der Waals surface area contributed by atoms with Gasteiger partial charge in [-0.3, -0.25) is 0 Å². The highest BCUT2D eigenvalue weighted by molar-refractivity contribution is 6.66. The van der Waals surface area contributed by atoms with Gasteiger partial charge in [-0.25, -0.2) is 0 Å². The van der Waals surface area contributed by atoms with Gasteiger partial charge in [0.05, 0.1) is 0 Å². The third-order valence-electron chi connectivity index (χ3n) is 4.54. The third kappa shape index (κ3) is 14.4. The summed E-state index contributed by atoms with van der Waals surface area (Å²) in [6, 6.07) is 2.08. The SMILES string of the molecule is CCO[Si](CC[Si](OCC)(OCC)OCC)(OCC)OCC.CO[Si](CCCN)(OC)OC. The second-order valence-electron chi connectivity index (χ2n) is 6.65. The Bertz CT molecular complexity index is 367. The van der Waals surface area contributed by atoms with E-state index in [1.165, 1.54) is 0 Å². The second-order valence-corrected chi connectivity index (χ2v) is 15.2. The fourth-order valence-electron chi connectivity index (χ4n) is 3.18. The molecule has 0 unspecified atom stereocenters. The molecule has 0 amide bonds. The summed E-state index contributed by atoms with van der Waals surface area (Å²) in [6.45, 7) is 15.8. The first-order valence-electron chi connectivity index (χ1n) is 12.0. The van der Waals surface area contributed by atoms with Crippen LogP contribution in [0.4, 0.5) is 0 Å². The summed E-state index contributed by atoms with van der Waals surface area (Å²) in [7, 11) is -2.89. The lowest BCUT2D eigenvalue weighted by Gasteiger charge is -2.33. The molecule has 33 heavy (non-hydrogen) atoms. The fourth-order valence-corrected chi connectivity index (χ4v) is 11.4. The largest absolute Gasteiger partial charge is 0.500 e. The second kappa shape index (κ2) is 21.5. The minimum atomic E-state index is -2.70. The van der Waals surface area contributed by atoms with E-state index in [2.05, 4.69) is 0 Å². The monoisotopic (exact) mass is 533 g/mol. The Morgan fingerprint density at radius 1 is 0.455 bits per heavy atom. The van der Waals surface area contributed by atoms with Crippen molar-refractivity contribution in [1.82, 2.24) is 0 Å². The van der Waals surface area contributed by atoms with Gasteiger partial charge in [-0.05, 0) is 54.5 Å². The van der Waals surface area contributed by atoms with E-state index in [1.807, 2.05) is 41.5 Å². The maximum Gasteiger partial charge on any atom is 0.500 e. The number of hydrogen-bond acceptors (Lipinski definition) is 10. The van der Waals surface area contributed by atoms with Crippen molar-refractivity contribution in [2.24, 2.45) is 5.73 Å². The zero-order valence-corrected chi connectivity index (χ0v) is 25.5. The van der Waals surface area contributed by atoms with Gasteiger partial charge in [0.15, 0.2) is 0 Å². The quantitative estimate of drug-likeness (QED) is 0.221. The van der Waals surface area contributed by atoms with Crippen LogP contribution in [0, 0.1) is 0 Å². The smallest absolute Gasteiger partial charge is 0.377 e. The van der Waals surface area contributed by atoms with Crippen molar-refractivity contribution in [2.45, 2.75) is 66.1 Å². The standard InChI is InChI=1S/C14H34O6Si2.C6H17NO3Si/c1-7-15-21(16-8-2,17-9-3)13-14-22(18-10-4,19-11-5)20-12-6;1-8-11(9-2,10-3)6-4-5-7/h7-14H2,1-6H3;4-7H2,1-3H3. The first-order chi connectivity index (χ1) is 15.8. The number of nitrogens with two attached hydrogens (primary N) is 1. The highest BCUT2D eigenvalue weighted by Crippen LogP contribution is 2.26. The fraction of sp³-hybridized carbons (Fsp3) is 1.00. The van der Waals surface area contributed by atoms with Crippen LogP contribution in [0.5, 0.6) is 0 Å². The molecule has 0 aromatic heterocycles. The van der Waals surface area contributed by atoms with Gasteiger partial charge in [0.2, 0.25) is 0 Å². The predicted octanol–water partition coefficient (Wildman–Crippen LogP) is 3.30. The highest BCUT2D eigenvalue weighted by Gasteiger charge is 2.48. The zero-order chi connectivity index (χ0) is 25.6. The number of rotatable bonds is 21. The van der Waals surface area contributed by atoms with E-state index in [0.29, 0.717) is 58.3 Å². The van der Waals surface area contributed by atoms with Crippen molar-refractivity contribution in [2.75, 3.05) is 67.5 Å². The molecule has 13 heteroatoms. The van der Waals surface area contributed by atoms with Crippen molar-refractivity contribution >= 4 is 26.4 Å². The minimum Gasteiger partial charge on any atom is -0.377 e. The van der Waals surface area contributed by atoms with E-state index < -0.39 is 26.4 Å². The molecule has 0 aliphatic carbocycles. The van der Waals surface area contributed by atoms with Gasteiger partial charge in [-0.2, -0.15) is 0 Å². The maximum absolute atomic E-state index is 5.89. The van der Waals surface area contributed by atoms with Crippen molar-refractivity contribution in [3.63, 3.8) is 0 Å². The lowest BCUT2D eigenvalue weighted by atomic mass is 10.5. The Morgan fingerprint density at radius 2 is 0.727 bits per heavy atom. The average Bonchev–Trinajstić information content (AvgIpc) is 2.81. The minimum absolute atomic E-state index is 0.568. The molecule has 0 saturated heterocycles. The predicted molar refractivity (Wildman–Crippen MR) is 136 cm³/mol. The van der Waals surface area contributed by atoms with Gasteiger partial charge >= 0.3 is 26.4 Å². The normalized spacial score (nSPS) is 12.5. The molecule has 0 aliphatic rings. The van der Waals surface area contributed by atoms with Crippen LogP contribution in [0.25, 0.3) is 0 Å². The Balaban J connectivity index is 0. The van der Waals surface area contributed by atoms with E-state index in [-0.39, 0.29) is 0 Å². The topological polar surface area (TPSA) is 109 Å². The highest BCUT2D eigenvalue weighted by atomic mass is 28.4. The molecular weight excluding hydrogens is 482 g/mol. The van der Waals surface area contributed by atoms with Gasteiger partial charge < -0.3 is 45.6 Å². The van der Waals surface area contributed by atoms with Gasteiger partial charge in [0.25, 0.3) is 0 Å². The summed E-state index contributed by atoms with van der Waals surface area (Å²) in [4.78, 5) is 0. The maximum atomic E-state index is 5.89. The summed E-state index contributed by atoms with van der Waals surface area (Å²) in [6.07, 6.45) is 0.877. The van der Waals surface area contributed by atoms with E-state index in [9.17, 15) is 0 Å². The van der Waals surface area contributed by atoms with Gasteiger partial charge in [0.1, 0.15) is 0 Å². The van der Waals surface area contributed by atoms with Crippen molar-refractivity contribution in [3.8, 4) is 0 Å². The van der Waals surface area contributed by atoms with Gasteiger partial charge in [-0.15, -0.1) is 0 Å². The van der Waals surface area contributed by atoms with Crippen LogP contribution in [-0.2, 0) is 39.8 Å². The van der Waals surface area contributed by atoms with Crippen LogP contribution in [-0.4, -0.2) is 93.9 Å². The molecule has 0 rings (SSSR count). The van der Waals surface area contributed by atoms with Crippen molar-refractivity contribution < 1.29 is 39.8 Å². The van der Waals surface area contributed by atoms with Crippen molar-refractivity contribution in [1.29, 1.82) is 0 Å². The van der Waals surface area contributed by atoms with Crippen LogP contribution in [0.1, 0.15) is 48.0 Å². The molecule has 2 N–H and O–H groups in total. The Morgan fingerprint density at radius 3 is 0.909 bits per heavy atom. The molecule has 0 aliphatic heterocycles. The molecular formula is C20H51NO9Si3. The molecule has 0 spiro atoms. The van der Waals surface area contributed by atoms with Crippen LogP contribution in [0.15, 0.2) is 0 Å². The van der Waals surface area contributed by atoms with Crippen LogP contribution >= 0.6 is 0 Å². The van der Waals surface area contributed by atoms with Crippen LogP contribution in [0.2, 0.25) is 18.1 Å². The average molecular weight is 534 g/mol. The van der Waals surface area contributed by atoms with Gasteiger partial charge in [0, 0.05) is 79.1 Å². The molecule has 0 fully saturated rings. The molecule has 0 saturated carbocycles. The molecule has 0 aromatic carbocycles. The molecule has 0 heterocycles. The molecule has 0 radical (unpaired) electrons. The summed E-state index contributed by atoms with van der Waals surface area (Å²) >= 11 is 0. The molecule has 10 nitrogen and oxygen atoms in total. The Hall–Kier alpha value is 0.251. The molecule has 202 valence electrons. The first kappa shape index (κ1) is 35.4. The lowest BCUT2D eigenvalue weighted by Crippen LogP contribution is -2.51. The van der Waals surface area contributed by atoms with Crippen LogP contribution in [0.3, 0.4) is 0 Å². The lowest BCUT2D eigenvalue weighted by molar-refractivity contribution is 0.0584. The third-order valence-corrected chi connectivity index (χ3v) is 14.0. The summed E-state index contributed by atoms with van der Waals surface area (Å²) < 4.78 is 50.9. The van der Waals surface area contributed by atoms with E-state index >= 15 is 0 Å². The summed E-state index contributed by atoms with van der Waals surface area (Å²) in [5.74, 6) is 0. The van der Waals surface area contributed by atoms with E-state index in [4.69, 9.17) is 45.6 Å². The molecule has 0 bridgehead atoms. The number of hydrogen-bond donors (Lipinski definition) is 1. The Kier molecular flexibility index (Phi) is 23.1. The van der Waals surface area contributed by atoms with E-state index in [1.54, 1.807) is 21.3 Å². The van der Waals surface area contributed by atoms with Gasteiger partial charge in [-0.1, -0.05) is 0 Å². The van der Waals surface area contributed by atoms with Crippen LogP contribution < -0.4 is 5.73 Å². The van der Waals surface area contributed by atoms with E-state index in [0.717, 1.165) is 12.5 Å². The molecule has 0 aromatic rings.